The first-order chi connectivity index (χ1) is 9.60. The van der Waals surface area contributed by atoms with Crippen LogP contribution in [0, 0.1) is 0 Å². The minimum atomic E-state index is -0.192. The molecule has 1 rings (SSSR count). The van der Waals surface area contributed by atoms with Crippen LogP contribution >= 0.6 is 0 Å². The second-order valence-corrected chi connectivity index (χ2v) is 4.43. The number of hydrogen-bond acceptors (Lipinski definition) is 3. The van der Waals surface area contributed by atoms with E-state index in [-0.39, 0.29) is 18.4 Å². The number of ether oxygens (including phenoxy) is 1. The van der Waals surface area contributed by atoms with Gasteiger partial charge in [0.05, 0.1) is 6.61 Å². The van der Waals surface area contributed by atoms with Gasteiger partial charge in [0.25, 0.3) is 0 Å². The van der Waals surface area contributed by atoms with Crippen LogP contribution in [0.15, 0.2) is 24.3 Å². The Labute approximate surface area is 119 Å². The average Bonchev–Trinajstić information content (AvgIpc) is 2.44. The van der Waals surface area contributed by atoms with Gasteiger partial charge >= 0.3 is 0 Å². The number of carbonyl (C=O) groups is 2. The summed E-state index contributed by atoms with van der Waals surface area (Å²) >= 11 is 0. The van der Waals surface area contributed by atoms with Crippen molar-refractivity contribution in [2.24, 2.45) is 0 Å². The molecule has 0 aromatic heterocycles. The molecule has 0 saturated heterocycles. The third-order valence-corrected chi connectivity index (χ3v) is 2.97. The molecule has 5 nitrogen and oxygen atoms in total. The molecule has 0 spiro atoms. The lowest BCUT2D eigenvalue weighted by molar-refractivity contribution is -0.123. The van der Waals surface area contributed by atoms with E-state index in [0.717, 1.165) is 17.7 Å². The summed E-state index contributed by atoms with van der Waals surface area (Å²) in [5.74, 6) is -0.337. The molecule has 20 heavy (non-hydrogen) atoms. The van der Waals surface area contributed by atoms with E-state index in [1.165, 1.54) is 11.8 Å². The summed E-state index contributed by atoms with van der Waals surface area (Å²) in [6.07, 6.45) is 0.811. The maximum atomic E-state index is 11.8. The zero-order valence-electron chi connectivity index (χ0n) is 12.3. The predicted molar refractivity (Wildman–Crippen MR) is 78.7 cm³/mol. The number of anilines is 1. The van der Waals surface area contributed by atoms with Crippen LogP contribution in [0.2, 0.25) is 0 Å². The molecule has 0 bridgehead atoms. The molecule has 2 amide bonds. The van der Waals surface area contributed by atoms with E-state index >= 15 is 0 Å². The van der Waals surface area contributed by atoms with E-state index in [0.29, 0.717) is 13.2 Å². The first kappa shape index (κ1) is 16.2. The van der Waals surface area contributed by atoms with Crippen LogP contribution in [0.5, 0.6) is 0 Å². The van der Waals surface area contributed by atoms with Gasteiger partial charge in [-0.3, -0.25) is 9.59 Å². The number of para-hydroxylation sites is 1. The molecule has 0 aliphatic heterocycles. The molecule has 0 unspecified atom stereocenters. The molecule has 0 radical (unpaired) electrons. The molecule has 0 atom stereocenters. The highest BCUT2D eigenvalue weighted by Gasteiger charge is 2.17. The highest BCUT2D eigenvalue weighted by atomic mass is 16.5. The number of amides is 2. The first-order valence-corrected chi connectivity index (χ1v) is 6.71. The Balaban J connectivity index is 2.79. The number of rotatable bonds is 7. The van der Waals surface area contributed by atoms with Gasteiger partial charge in [0.2, 0.25) is 11.8 Å². The number of aryl methyl sites for hydroxylation is 1. The summed E-state index contributed by atoms with van der Waals surface area (Å²) in [5, 5.41) is 2.72. The van der Waals surface area contributed by atoms with Gasteiger partial charge < -0.3 is 15.0 Å². The Morgan fingerprint density at radius 3 is 2.60 bits per heavy atom. The molecule has 0 aliphatic rings. The molecule has 1 N–H and O–H groups in total. The Morgan fingerprint density at radius 1 is 1.30 bits per heavy atom. The predicted octanol–water partition coefficient (Wildman–Crippen LogP) is 1.36. The number of carbonyl (C=O) groups excluding carboxylic acids is 2. The maximum absolute atomic E-state index is 11.8. The molecule has 110 valence electrons. The van der Waals surface area contributed by atoms with Crippen molar-refractivity contribution in [2.45, 2.75) is 20.3 Å². The molecule has 1 aromatic rings. The summed E-state index contributed by atoms with van der Waals surface area (Å²) in [7, 11) is 1.57. The quantitative estimate of drug-likeness (QED) is 0.766. The molecular formula is C15H22N2O3. The van der Waals surface area contributed by atoms with Gasteiger partial charge in [-0.2, -0.15) is 0 Å². The Hall–Kier alpha value is -1.88. The highest BCUT2D eigenvalue weighted by molar-refractivity contribution is 5.98. The van der Waals surface area contributed by atoms with E-state index in [2.05, 4.69) is 5.32 Å². The van der Waals surface area contributed by atoms with Crippen molar-refractivity contribution in [2.75, 3.05) is 31.7 Å². The van der Waals surface area contributed by atoms with Gasteiger partial charge in [0.1, 0.15) is 6.54 Å². The SMILES string of the molecule is CCc1ccccc1N(CC(=O)NCCOC)C(C)=O. The molecule has 0 saturated carbocycles. The topological polar surface area (TPSA) is 58.6 Å². The molecule has 5 heteroatoms. The van der Waals surface area contributed by atoms with Crippen molar-refractivity contribution in [3.63, 3.8) is 0 Å². The molecule has 0 aliphatic carbocycles. The highest BCUT2D eigenvalue weighted by Crippen LogP contribution is 2.20. The molecule has 1 aromatic carbocycles. The summed E-state index contributed by atoms with van der Waals surface area (Å²) in [5.41, 5.74) is 1.84. The zero-order chi connectivity index (χ0) is 15.0. The van der Waals surface area contributed by atoms with Crippen LogP contribution < -0.4 is 10.2 Å². The van der Waals surface area contributed by atoms with Crippen LogP contribution in [-0.4, -0.2) is 38.6 Å². The van der Waals surface area contributed by atoms with Crippen LogP contribution in [-0.2, 0) is 20.7 Å². The minimum Gasteiger partial charge on any atom is -0.383 e. The van der Waals surface area contributed by atoms with Crippen LogP contribution in [0.25, 0.3) is 0 Å². The Bertz CT molecular complexity index is 460. The lowest BCUT2D eigenvalue weighted by atomic mass is 10.1. The Morgan fingerprint density at radius 2 is 2.00 bits per heavy atom. The summed E-state index contributed by atoms with van der Waals surface area (Å²) < 4.78 is 4.87. The van der Waals surface area contributed by atoms with Gasteiger partial charge in [-0.25, -0.2) is 0 Å². The van der Waals surface area contributed by atoms with E-state index < -0.39 is 0 Å². The molecule has 0 heterocycles. The average molecular weight is 278 g/mol. The fraction of sp³-hybridized carbons (Fsp3) is 0.467. The van der Waals surface area contributed by atoms with Gasteiger partial charge in [-0.15, -0.1) is 0 Å². The summed E-state index contributed by atoms with van der Waals surface area (Å²) in [4.78, 5) is 25.1. The van der Waals surface area contributed by atoms with E-state index in [4.69, 9.17) is 4.74 Å². The second-order valence-electron chi connectivity index (χ2n) is 4.43. The third-order valence-electron chi connectivity index (χ3n) is 2.97. The first-order valence-electron chi connectivity index (χ1n) is 6.71. The smallest absolute Gasteiger partial charge is 0.240 e. The summed E-state index contributed by atoms with van der Waals surface area (Å²) in [6, 6.07) is 7.63. The van der Waals surface area contributed by atoms with Crippen molar-refractivity contribution < 1.29 is 14.3 Å². The number of nitrogens with zero attached hydrogens (tertiary/aromatic N) is 1. The normalized spacial score (nSPS) is 10.2. The third kappa shape index (κ3) is 4.66. The zero-order valence-corrected chi connectivity index (χ0v) is 12.3. The van der Waals surface area contributed by atoms with Crippen molar-refractivity contribution in [3.8, 4) is 0 Å². The van der Waals surface area contributed by atoms with Crippen molar-refractivity contribution in [3.05, 3.63) is 29.8 Å². The fourth-order valence-electron chi connectivity index (χ4n) is 1.93. The van der Waals surface area contributed by atoms with Gasteiger partial charge in [-0.1, -0.05) is 25.1 Å². The van der Waals surface area contributed by atoms with Crippen LogP contribution in [0.1, 0.15) is 19.4 Å². The number of benzene rings is 1. The van der Waals surface area contributed by atoms with E-state index in [9.17, 15) is 9.59 Å². The number of nitrogens with one attached hydrogen (secondary N) is 1. The van der Waals surface area contributed by atoms with Crippen LogP contribution in [0.3, 0.4) is 0 Å². The second kappa shape index (κ2) is 8.32. The lowest BCUT2D eigenvalue weighted by Gasteiger charge is -2.23. The van der Waals surface area contributed by atoms with Crippen molar-refractivity contribution >= 4 is 17.5 Å². The number of methoxy groups -OCH3 is 1. The lowest BCUT2D eigenvalue weighted by Crippen LogP contribution is -2.41. The molecular weight excluding hydrogens is 256 g/mol. The minimum absolute atomic E-state index is 0.0239. The Kier molecular flexibility index (Phi) is 6.73. The van der Waals surface area contributed by atoms with Crippen molar-refractivity contribution in [1.82, 2.24) is 5.32 Å². The van der Waals surface area contributed by atoms with Gasteiger partial charge in [0, 0.05) is 26.3 Å². The number of hydrogen-bond donors (Lipinski definition) is 1. The monoisotopic (exact) mass is 278 g/mol. The maximum Gasteiger partial charge on any atom is 0.240 e. The standard InChI is InChI=1S/C15H22N2O3/c1-4-13-7-5-6-8-14(13)17(12(2)18)11-15(19)16-9-10-20-3/h5-8H,4,9-11H2,1-3H3,(H,16,19). The fourth-order valence-corrected chi connectivity index (χ4v) is 1.93. The van der Waals surface area contributed by atoms with E-state index in [1.807, 2.05) is 31.2 Å². The van der Waals surface area contributed by atoms with Crippen LogP contribution in [0.4, 0.5) is 5.69 Å². The van der Waals surface area contributed by atoms with Crippen molar-refractivity contribution in [1.29, 1.82) is 0 Å². The van der Waals surface area contributed by atoms with Gasteiger partial charge in [-0.05, 0) is 18.1 Å². The van der Waals surface area contributed by atoms with Gasteiger partial charge in [0.15, 0.2) is 0 Å². The molecule has 0 fully saturated rings. The largest absolute Gasteiger partial charge is 0.383 e. The van der Waals surface area contributed by atoms with E-state index in [1.54, 1.807) is 7.11 Å². The summed E-state index contributed by atoms with van der Waals surface area (Å²) in [6.45, 7) is 4.41.